The first-order valence-electron chi connectivity index (χ1n) is 6.17. The Bertz CT molecular complexity index is 591. The highest BCUT2D eigenvalue weighted by atomic mass is 16.2. The summed E-state index contributed by atoms with van der Waals surface area (Å²) in [5.74, 6) is -0.240. The maximum atomic E-state index is 11.9. The van der Waals surface area contributed by atoms with Gasteiger partial charge in [-0.2, -0.15) is 5.10 Å². The van der Waals surface area contributed by atoms with Crippen LogP contribution in [-0.2, 0) is 0 Å². The van der Waals surface area contributed by atoms with Gasteiger partial charge in [0.15, 0.2) is 0 Å². The largest absolute Gasteiger partial charge is 0.378 e. The number of hydrogen-bond acceptors (Lipinski definition) is 4. The fourth-order valence-electron chi connectivity index (χ4n) is 1.59. The van der Waals surface area contributed by atoms with Crippen LogP contribution in [-0.4, -0.2) is 31.2 Å². The van der Waals surface area contributed by atoms with Crippen molar-refractivity contribution in [3.05, 3.63) is 59.9 Å². The van der Waals surface area contributed by atoms with Crippen molar-refractivity contribution in [3.63, 3.8) is 0 Å². The standard InChI is InChI=1S/C15H16N4O/c1-19(2)14-7-5-13(6-8-14)15(20)18-17-11-12-4-3-9-16-10-12/h3-11H,1-2H3,(H,18,20). The second-order valence-corrected chi connectivity index (χ2v) is 4.43. The second kappa shape index (κ2) is 6.47. The van der Waals surface area contributed by atoms with Crippen LogP contribution in [0.1, 0.15) is 15.9 Å². The number of hydrazone groups is 1. The van der Waals surface area contributed by atoms with Gasteiger partial charge in [0.05, 0.1) is 6.21 Å². The van der Waals surface area contributed by atoms with Gasteiger partial charge in [0.25, 0.3) is 5.91 Å². The first-order valence-corrected chi connectivity index (χ1v) is 6.17. The van der Waals surface area contributed by atoms with Gasteiger partial charge in [0.2, 0.25) is 0 Å². The van der Waals surface area contributed by atoms with Crippen LogP contribution in [0.2, 0.25) is 0 Å². The molecule has 5 heteroatoms. The first kappa shape index (κ1) is 13.7. The van der Waals surface area contributed by atoms with Crippen LogP contribution in [0.4, 0.5) is 5.69 Å². The molecule has 2 aromatic rings. The fourth-order valence-corrected chi connectivity index (χ4v) is 1.59. The van der Waals surface area contributed by atoms with E-state index in [1.807, 2.05) is 43.3 Å². The molecule has 2 rings (SSSR count). The molecule has 0 atom stereocenters. The molecule has 0 aliphatic carbocycles. The lowest BCUT2D eigenvalue weighted by Gasteiger charge is -2.12. The molecule has 1 aromatic heterocycles. The summed E-state index contributed by atoms with van der Waals surface area (Å²) in [6, 6.07) is 11.0. The number of anilines is 1. The lowest BCUT2D eigenvalue weighted by Crippen LogP contribution is -2.17. The molecule has 1 aromatic carbocycles. The van der Waals surface area contributed by atoms with E-state index in [1.54, 1.807) is 30.7 Å². The molecule has 0 unspecified atom stereocenters. The van der Waals surface area contributed by atoms with Crippen molar-refractivity contribution in [2.75, 3.05) is 19.0 Å². The van der Waals surface area contributed by atoms with E-state index in [-0.39, 0.29) is 5.91 Å². The van der Waals surface area contributed by atoms with Crippen molar-refractivity contribution >= 4 is 17.8 Å². The van der Waals surface area contributed by atoms with Crippen molar-refractivity contribution < 1.29 is 4.79 Å². The van der Waals surface area contributed by atoms with E-state index in [2.05, 4.69) is 15.5 Å². The van der Waals surface area contributed by atoms with Crippen LogP contribution in [0.5, 0.6) is 0 Å². The summed E-state index contributed by atoms with van der Waals surface area (Å²) in [5.41, 5.74) is 4.93. The molecule has 0 spiro atoms. The van der Waals surface area contributed by atoms with Gasteiger partial charge in [-0.05, 0) is 30.3 Å². The Morgan fingerprint density at radius 3 is 2.60 bits per heavy atom. The first-order chi connectivity index (χ1) is 9.66. The number of rotatable bonds is 4. The highest BCUT2D eigenvalue weighted by Crippen LogP contribution is 2.11. The van der Waals surface area contributed by atoms with Crippen LogP contribution in [0.3, 0.4) is 0 Å². The molecule has 20 heavy (non-hydrogen) atoms. The second-order valence-electron chi connectivity index (χ2n) is 4.43. The van der Waals surface area contributed by atoms with Gasteiger partial charge in [0.1, 0.15) is 0 Å². The molecule has 5 nitrogen and oxygen atoms in total. The van der Waals surface area contributed by atoms with Crippen molar-refractivity contribution in [1.29, 1.82) is 0 Å². The minimum atomic E-state index is -0.240. The van der Waals surface area contributed by atoms with E-state index in [0.717, 1.165) is 11.3 Å². The highest BCUT2D eigenvalue weighted by molar-refractivity contribution is 5.95. The summed E-state index contributed by atoms with van der Waals surface area (Å²) in [6.45, 7) is 0. The lowest BCUT2D eigenvalue weighted by atomic mass is 10.2. The average Bonchev–Trinajstić information content (AvgIpc) is 2.48. The molecule has 1 amide bonds. The quantitative estimate of drug-likeness (QED) is 0.680. The number of nitrogens with one attached hydrogen (secondary N) is 1. The number of aromatic nitrogens is 1. The summed E-state index contributed by atoms with van der Waals surface area (Å²) in [4.78, 5) is 17.8. The van der Waals surface area contributed by atoms with Crippen LogP contribution in [0, 0.1) is 0 Å². The highest BCUT2D eigenvalue weighted by Gasteiger charge is 2.04. The zero-order chi connectivity index (χ0) is 14.4. The molecule has 0 aliphatic rings. The zero-order valence-corrected chi connectivity index (χ0v) is 11.4. The van der Waals surface area contributed by atoms with Crippen LogP contribution in [0.15, 0.2) is 53.9 Å². The molecular weight excluding hydrogens is 252 g/mol. The molecule has 0 aliphatic heterocycles. The maximum Gasteiger partial charge on any atom is 0.271 e. The van der Waals surface area contributed by atoms with E-state index in [4.69, 9.17) is 0 Å². The molecule has 0 bridgehead atoms. The van der Waals surface area contributed by atoms with E-state index >= 15 is 0 Å². The van der Waals surface area contributed by atoms with Gasteiger partial charge in [-0.25, -0.2) is 5.43 Å². The third-order valence-electron chi connectivity index (χ3n) is 2.71. The molecule has 102 valence electrons. The number of carbonyl (C=O) groups is 1. The number of pyridine rings is 1. The Balaban J connectivity index is 1.96. The summed E-state index contributed by atoms with van der Waals surface area (Å²) >= 11 is 0. The van der Waals surface area contributed by atoms with Crippen molar-refractivity contribution in [3.8, 4) is 0 Å². The van der Waals surface area contributed by atoms with Gasteiger partial charge in [-0.1, -0.05) is 6.07 Å². The van der Waals surface area contributed by atoms with Gasteiger partial charge >= 0.3 is 0 Å². The molecule has 0 saturated heterocycles. The predicted octanol–water partition coefficient (Wildman–Crippen LogP) is 1.91. The summed E-state index contributed by atoms with van der Waals surface area (Å²) in [5, 5.41) is 3.90. The van der Waals surface area contributed by atoms with Crippen LogP contribution >= 0.6 is 0 Å². The van der Waals surface area contributed by atoms with Crippen molar-refractivity contribution in [2.24, 2.45) is 5.10 Å². The number of benzene rings is 1. The average molecular weight is 268 g/mol. The summed E-state index contributed by atoms with van der Waals surface area (Å²) < 4.78 is 0. The Labute approximate surface area is 118 Å². The van der Waals surface area contributed by atoms with E-state index in [9.17, 15) is 4.79 Å². The Hall–Kier alpha value is -2.69. The molecule has 1 N–H and O–H groups in total. The SMILES string of the molecule is CN(C)c1ccc(C(=O)NN=Cc2cccnc2)cc1. The number of hydrogen-bond donors (Lipinski definition) is 1. The smallest absolute Gasteiger partial charge is 0.271 e. The fraction of sp³-hybridized carbons (Fsp3) is 0.133. The molecule has 0 fully saturated rings. The Kier molecular flexibility index (Phi) is 4.44. The minimum Gasteiger partial charge on any atom is -0.378 e. The summed E-state index contributed by atoms with van der Waals surface area (Å²) in [7, 11) is 3.90. The topological polar surface area (TPSA) is 57.6 Å². The minimum absolute atomic E-state index is 0.240. The third kappa shape index (κ3) is 3.65. The normalized spacial score (nSPS) is 10.5. The number of carbonyl (C=O) groups excluding carboxylic acids is 1. The third-order valence-corrected chi connectivity index (χ3v) is 2.71. The predicted molar refractivity (Wildman–Crippen MR) is 80.1 cm³/mol. The molecule has 1 heterocycles. The van der Waals surface area contributed by atoms with E-state index in [0.29, 0.717) is 5.56 Å². The van der Waals surface area contributed by atoms with Crippen molar-refractivity contribution in [1.82, 2.24) is 10.4 Å². The molecule has 0 radical (unpaired) electrons. The number of nitrogens with zero attached hydrogens (tertiary/aromatic N) is 3. The Morgan fingerprint density at radius 1 is 1.25 bits per heavy atom. The number of amides is 1. The maximum absolute atomic E-state index is 11.9. The lowest BCUT2D eigenvalue weighted by molar-refractivity contribution is 0.0955. The molecular formula is C15H16N4O. The Morgan fingerprint density at radius 2 is 2.00 bits per heavy atom. The van der Waals surface area contributed by atoms with Crippen LogP contribution < -0.4 is 10.3 Å². The van der Waals surface area contributed by atoms with Gasteiger partial charge < -0.3 is 4.90 Å². The van der Waals surface area contributed by atoms with E-state index in [1.165, 1.54) is 0 Å². The summed E-state index contributed by atoms with van der Waals surface area (Å²) in [6.07, 6.45) is 4.91. The van der Waals surface area contributed by atoms with Gasteiger partial charge in [-0.3, -0.25) is 9.78 Å². The van der Waals surface area contributed by atoms with Gasteiger partial charge in [0, 0.05) is 43.3 Å². The van der Waals surface area contributed by atoms with Crippen molar-refractivity contribution in [2.45, 2.75) is 0 Å². The molecule has 0 saturated carbocycles. The van der Waals surface area contributed by atoms with Crippen LogP contribution in [0.25, 0.3) is 0 Å². The zero-order valence-electron chi connectivity index (χ0n) is 11.4. The monoisotopic (exact) mass is 268 g/mol. The van der Waals surface area contributed by atoms with Gasteiger partial charge in [-0.15, -0.1) is 0 Å². The van der Waals surface area contributed by atoms with E-state index < -0.39 is 0 Å².